The molecule has 2 atom stereocenters. The fraction of sp³-hybridized carbons (Fsp3) is 0.818. The summed E-state index contributed by atoms with van der Waals surface area (Å²) < 4.78 is 21.0. The van der Waals surface area contributed by atoms with Gasteiger partial charge in [0.15, 0.2) is 8.32 Å². The van der Waals surface area contributed by atoms with Crippen molar-refractivity contribution in [2.24, 2.45) is 0 Å². The Kier molecular flexibility index (Phi) is 2.47. The lowest BCUT2D eigenvalue weighted by Crippen LogP contribution is -2.43. The van der Waals surface area contributed by atoms with E-state index in [0.717, 1.165) is 0 Å². The van der Waals surface area contributed by atoms with Crippen LogP contribution in [0.25, 0.3) is 0 Å². The Hall–Kier alpha value is -0.123. The molecule has 1 N–H and O–H groups in total. The third-order valence-corrected chi connectivity index (χ3v) is 7.59. The van der Waals surface area contributed by atoms with Crippen LogP contribution in [0.4, 0.5) is 0 Å². The molecule has 0 fully saturated rings. The van der Waals surface area contributed by atoms with Gasteiger partial charge >= 0.3 is 0 Å². The molecule has 14 heavy (non-hydrogen) atoms. The lowest BCUT2D eigenvalue weighted by Gasteiger charge is -2.38. The number of aliphatic hydroxyl groups is 1. The van der Waals surface area contributed by atoms with Crippen molar-refractivity contribution in [1.29, 1.82) is 0 Å². The standard InChI is InChI=1S/C11H22O2Si/c1-11(2,3)14(4,5)13-10-7-6-9(12)8-10/h6-7,9-10,12H,8H2,1-5H3/t9-,10+/m1/s1/i6D,9D. The minimum atomic E-state index is -1.88. The minimum Gasteiger partial charge on any atom is -0.410 e. The van der Waals surface area contributed by atoms with E-state index in [1.165, 1.54) is 0 Å². The smallest absolute Gasteiger partial charge is 0.192 e. The van der Waals surface area contributed by atoms with E-state index >= 15 is 0 Å². The molecule has 0 aromatic heterocycles. The highest BCUT2D eigenvalue weighted by molar-refractivity contribution is 6.74. The van der Waals surface area contributed by atoms with Crippen LogP contribution in [0.5, 0.6) is 0 Å². The molecule has 3 heteroatoms. The molecule has 2 nitrogen and oxygen atoms in total. The summed E-state index contributed by atoms with van der Waals surface area (Å²) in [5.74, 6) is 0. The van der Waals surface area contributed by atoms with Crippen molar-refractivity contribution in [2.75, 3.05) is 0 Å². The Morgan fingerprint density at radius 2 is 2.14 bits per heavy atom. The van der Waals surface area contributed by atoms with Crippen molar-refractivity contribution < 1.29 is 12.3 Å². The maximum atomic E-state index is 9.58. The van der Waals surface area contributed by atoms with Gasteiger partial charge in [0.25, 0.3) is 0 Å². The molecule has 0 saturated carbocycles. The topological polar surface area (TPSA) is 29.5 Å². The summed E-state index contributed by atoms with van der Waals surface area (Å²) >= 11 is 0. The van der Waals surface area contributed by atoms with Crippen LogP contribution in [-0.2, 0) is 4.43 Å². The Balaban J connectivity index is 2.73. The van der Waals surface area contributed by atoms with Gasteiger partial charge in [-0.1, -0.05) is 32.9 Å². The average molecular weight is 216 g/mol. The third kappa shape index (κ3) is 2.68. The van der Waals surface area contributed by atoms with Crippen LogP contribution in [0.1, 0.15) is 29.9 Å². The molecular formula is C11H22O2Si. The summed E-state index contributed by atoms with van der Waals surface area (Å²) in [7, 11) is -1.88. The molecule has 0 radical (unpaired) electrons. The second-order valence-corrected chi connectivity index (χ2v) is 10.1. The van der Waals surface area contributed by atoms with E-state index in [-0.39, 0.29) is 23.6 Å². The van der Waals surface area contributed by atoms with Gasteiger partial charge in [-0.05, 0) is 18.1 Å². The zero-order valence-corrected chi connectivity index (χ0v) is 10.7. The first-order chi connectivity index (χ1) is 6.96. The van der Waals surface area contributed by atoms with Crippen LogP contribution in [0, 0.1) is 0 Å². The van der Waals surface area contributed by atoms with Crippen molar-refractivity contribution in [2.45, 2.75) is 57.5 Å². The monoisotopic (exact) mass is 216 g/mol. The molecule has 0 amide bonds. The quantitative estimate of drug-likeness (QED) is 0.568. The fourth-order valence-electron chi connectivity index (χ4n) is 1.13. The number of hydrogen-bond donors (Lipinski definition) is 1. The highest BCUT2D eigenvalue weighted by Gasteiger charge is 2.39. The van der Waals surface area contributed by atoms with Crippen molar-refractivity contribution in [3.05, 3.63) is 12.1 Å². The normalized spacial score (nSPS) is 36.4. The Morgan fingerprint density at radius 3 is 2.50 bits per heavy atom. The van der Waals surface area contributed by atoms with Crippen LogP contribution < -0.4 is 0 Å². The van der Waals surface area contributed by atoms with Gasteiger partial charge < -0.3 is 9.53 Å². The van der Waals surface area contributed by atoms with Crippen molar-refractivity contribution in [3.63, 3.8) is 0 Å². The molecule has 0 spiro atoms. The Morgan fingerprint density at radius 1 is 1.57 bits per heavy atom. The Labute approximate surface area is 90.9 Å². The van der Waals surface area contributed by atoms with E-state index in [9.17, 15) is 5.11 Å². The Bertz CT molecular complexity index is 306. The number of hydrogen-bond acceptors (Lipinski definition) is 2. The van der Waals surface area contributed by atoms with Gasteiger partial charge in [-0.25, -0.2) is 0 Å². The molecular weight excluding hydrogens is 192 g/mol. The maximum Gasteiger partial charge on any atom is 0.192 e. The SMILES string of the molecule is [2H]C1=C[C@H](O[Si](C)(C)C(C)(C)C)C[C@]1([2H])O. The van der Waals surface area contributed by atoms with E-state index in [1.54, 1.807) is 6.08 Å². The van der Waals surface area contributed by atoms with Gasteiger partial charge in [-0.15, -0.1) is 0 Å². The van der Waals surface area contributed by atoms with Gasteiger partial charge in [-0.2, -0.15) is 0 Å². The van der Waals surface area contributed by atoms with Crippen molar-refractivity contribution in [1.82, 2.24) is 0 Å². The van der Waals surface area contributed by atoms with E-state index in [1.807, 2.05) is 0 Å². The van der Waals surface area contributed by atoms with Crippen molar-refractivity contribution in [3.8, 4) is 0 Å². The van der Waals surface area contributed by atoms with Crippen molar-refractivity contribution >= 4 is 8.32 Å². The number of rotatable bonds is 2. The molecule has 0 aromatic rings. The van der Waals surface area contributed by atoms with Gasteiger partial charge in [0.2, 0.25) is 0 Å². The second kappa shape index (κ2) is 3.80. The fourth-order valence-corrected chi connectivity index (χ4v) is 2.39. The molecule has 0 saturated heterocycles. The first kappa shape index (κ1) is 9.13. The molecule has 82 valence electrons. The van der Waals surface area contributed by atoms with E-state index in [2.05, 4.69) is 33.9 Å². The van der Waals surface area contributed by atoms with Crippen LogP contribution in [0.15, 0.2) is 12.1 Å². The molecule has 0 heterocycles. The van der Waals surface area contributed by atoms with Crippen LogP contribution in [0.2, 0.25) is 18.1 Å². The lowest BCUT2D eigenvalue weighted by atomic mass is 10.2. The predicted molar refractivity (Wildman–Crippen MR) is 61.8 cm³/mol. The zero-order chi connectivity index (χ0) is 12.8. The van der Waals surface area contributed by atoms with Gasteiger partial charge in [-0.3, -0.25) is 0 Å². The molecule has 0 unspecified atom stereocenters. The zero-order valence-electron chi connectivity index (χ0n) is 11.7. The highest BCUT2D eigenvalue weighted by Crippen LogP contribution is 2.38. The molecule has 1 aliphatic rings. The summed E-state index contributed by atoms with van der Waals surface area (Å²) in [5, 5.41) is 9.68. The maximum absolute atomic E-state index is 9.58. The summed E-state index contributed by atoms with van der Waals surface area (Å²) in [6, 6.07) is -0.0452. The molecule has 0 aromatic carbocycles. The summed E-state index contributed by atoms with van der Waals surface area (Å²) in [6.45, 7) is 10.7. The largest absolute Gasteiger partial charge is 0.410 e. The predicted octanol–water partition coefficient (Wildman–Crippen LogP) is 2.70. The molecule has 1 rings (SSSR count). The van der Waals surface area contributed by atoms with Gasteiger partial charge in [0, 0.05) is 6.42 Å². The van der Waals surface area contributed by atoms with Gasteiger partial charge in [0.05, 0.1) is 14.9 Å². The van der Waals surface area contributed by atoms with E-state index in [0.29, 0.717) is 0 Å². The molecule has 0 bridgehead atoms. The summed E-state index contributed by atoms with van der Waals surface area (Å²) in [4.78, 5) is 0. The average Bonchev–Trinajstić information content (AvgIpc) is 2.21. The minimum absolute atomic E-state index is 0.0452. The summed E-state index contributed by atoms with van der Waals surface area (Å²) in [5.41, 5.74) is 0. The van der Waals surface area contributed by atoms with Gasteiger partial charge in [0.1, 0.15) is 0 Å². The summed E-state index contributed by atoms with van der Waals surface area (Å²) in [6.07, 6.45) is -0.297. The molecule has 1 aliphatic carbocycles. The lowest BCUT2D eigenvalue weighted by molar-refractivity contribution is 0.155. The first-order valence-electron chi connectivity index (χ1n) is 6.05. The second-order valence-electron chi connectivity index (χ2n) is 5.38. The van der Waals surface area contributed by atoms with E-state index in [4.69, 9.17) is 7.17 Å². The van der Waals surface area contributed by atoms with Crippen LogP contribution >= 0.6 is 0 Å². The highest BCUT2D eigenvalue weighted by atomic mass is 28.4. The first-order valence-corrected chi connectivity index (χ1v) is 7.96. The van der Waals surface area contributed by atoms with Crippen LogP contribution in [-0.4, -0.2) is 25.6 Å². The third-order valence-electron chi connectivity index (χ3n) is 3.08. The molecule has 0 aliphatic heterocycles. The van der Waals surface area contributed by atoms with Crippen LogP contribution in [0.3, 0.4) is 0 Å². The van der Waals surface area contributed by atoms with E-state index < -0.39 is 14.4 Å².